The van der Waals surface area contributed by atoms with Crippen LogP contribution in [-0.4, -0.2) is 39.2 Å². The van der Waals surface area contributed by atoms with Gasteiger partial charge in [0, 0.05) is 37.1 Å². The molecule has 2 aromatic rings. The lowest BCUT2D eigenvalue weighted by Crippen LogP contribution is -2.31. The van der Waals surface area contributed by atoms with Gasteiger partial charge in [-0.25, -0.2) is 0 Å². The molecule has 7 heteroatoms. The van der Waals surface area contributed by atoms with Crippen molar-refractivity contribution >= 4 is 23.3 Å². The number of aromatic nitrogens is 2. The smallest absolute Gasteiger partial charge is 0.305 e. The van der Waals surface area contributed by atoms with Crippen LogP contribution in [0.1, 0.15) is 57.0 Å². The first kappa shape index (κ1) is 20.3. The van der Waals surface area contributed by atoms with E-state index in [0.29, 0.717) is 24.5 Å². The highest BCUT2D eigenvalue weighted by atomic mass is 32.1. The maximum Gasteiger partial charge on any atom is 0.305 e. The number of hydrogen-bond donors (Lipinski definition) is 1. The molecule has 0 bridgehead atoms. The van der Waals surface area contributed by atoms with Gasteiger partial charge < -0.3 is 19.5 Å². The first-order valence-corrected chi connectivity index (χ1v) is 9.95. The number of thiocarbonyl (C=S) groups is 1. The molecule has 0 aromatic carbocycles. The highest BCUT2D eigenvalue weighted by molar-refractivity contribution is 7.80. The van der Waals surface area contributed by atoms with Crippen molar-refractivity contribution < 1.29 is 9.53 Å². The molecule has 0 amide bonds. The molecule has 3 heterocycles. The average molecular weight is 401 g/mol. The molecule has 0 radical (unpaired) electrons. The predicted octanol–water partition coefficient (Wildman–Crippen LogP) is 3.56. The molecule has 2 aromatic heterocycles. The number of carbonyl (C=O) groups excluding carboxylic acids is 1. The molecule has 150 valence electrons. The van der Waals surface area contributed by atoms with Crippen LogP contribution in [0.4, 0.5) is 0 Å². The molecule has 0 unspecified atom stereocenters. The molecular formula is C21H28N4O2S. The number of carbonyl (C=O) groups is 1. The molecule has 1 saturated heterocycles. The second kappa shape index (κ2) is 8.31. The number of methoxy groups -OCH3 is 1. The molecule has 3 rings (SSSR count). The molecule has 0 spiro atoms. The van der Waals surface area contributed by atoms with Crippen molar-refractivity contribution in [3.8, 4) is 0 Å². The van der Waals surface area contributed by atoms with Crippen molar-refractivity contribution in [1.29, 1.82) is 0 Å². The van der Waals surface area contributed by atoms with E-state index in [1.54, 1.807) is 6.20 Å². The Hall–Kier alpha value is -2.41. The Morgan fingerprint density at radius 3 is 2.71 bits per heavy atom. The van der Waals surface area contributed by atoms with Crippen molar-refractivity contribution in [3.63, 3.8) is 0 Å². The fraction of sp³-hybridized carbons (Fsp3) is 0.476. The minimum Gasteiger partial charge on any atom is -0.469 e. The van der Waals surface area contributed by atoms with E-state index < -0.39 is 0 Å². The highest BCUT2D eigenvalue weighted by Crippen LogP contribution is 2.39. The van der Waals surface area contributed by atoms with E-state index in [0.717, 1.165) is 5.69 Å². The summed E-state index contributed by atoms with van der Waals surface area (Å²) in [5, 5.41) is 4.13. The topological polar surface area (TPSA) is 59.4 Å². The van der Waals surface area contributed by atoms with Gasteiger partial charge in [-0.15, -0.1) is 0 Å². The zero-order valence-electron chi connectivity index (χ0n) is 16.9. The lowest BCUT2D eigenvalue weighted by atomic mass is 9.99. The molecular weight excluding hydrogens is 372 g/mol. The third kappa shape index (κ3) is 4.35. The number of hydrogen-bond acceptors (Lipinski definition) is 4. The second-order valence-electron chi connectivity index (χ2n) is 8.02. The number of rotatable bonds is 6. The van der Waals surface area contributed by atoms with E-state index in [-0.39, 0.29) is 23.6 Å². The fourth-order valence-corrected chi connectivity index (χ4v) is 3.84. The third-order valence-corrected chi connectivity index (χ3v) is 5.39. The lowest BCUT2D eigenvalue weighted by Gasteiger charge is -2.27. The van der Waals surface area contributed by atoms with Crippen LogP contribution in [0.2, 0.25) is 0 Å². The number of pyridine rings is 1. The van der Waals surface area contributed by atoms with Crippen LogP contribution in [0, 0.1) is 0 Å². The van der Waals surface area contributed by atoms with Crippen LogP contribution in [0.15, 0.2) is 42.9 Å². The maximum absolute atomic E-state index is 11.5. The van der Waals surface area contributed by atoms with Gasteiger partial charge >= 0.3 is 5.97 Å². The van der Waals surface area contributed by atoms with Crippen molar-refractivity contribution in [2.75, 3.05) is 13.7 Å². The Balaban J connectivity index is 1.90. The van der Waals surface area contributed by atoms with Crippen molar-refractivity contribution in [2.24, 2.45) is 0 Å². The van der Waals surface area contributed by atoms with E-state index in [9.17, 15) is 4.79 Å². The van der Waals surface area contributed by atoms with Crippen molar-refractivity contribution in [2.45, 2.75) is 51.2 Å². The van der Waals surface area contributed by atoms with Crippen LogP contribution in [0.3, 0.4) is 0 Å². The highest BCUT2D eigenvalue weighted by Gasteiger charge is 2.40. The van der Waals surface area contributed by atoms with Crippen LogP contribution < -0.4 is 5.32 Å². The number of nitrogens with zero attached hydrogens (tertiary/aromatic N) is 3. The number of ether oxygens (including phenoxy) is 1. The van der Waals surface area contributed by atoms with E-state index in [1.807, 2.05) is 18.2 Å². The molecule has 0 aliphatic carbocycles. The summed E-state index contributed by atoms with van der Waals surface area (Å²) < 4.78 is 6.98. The average Bonchev–Trinajstić information content (AvgIpc) is 3.27. The quantitative estimate of drug-likeness (QED) is 0.591. The minimum atomic E-state index is -0.199. The second-order valence-corrected chi connectivity index (χ2v) is 8.41. The van der Waals surface area contributed by atoms with Gasteiger partial charge in [0.2, 0.25) is 0 Å². The SMILES string of the molecule is COC(=O)CCCN1C(=S)N[C@H](c2ccccn2)[C@@H]1c1ccn(C(C)(C)C)c1. The minimum absolute atomic E-state index is 0.000991. The summed E-state index contributed by atoms with van der Waals surface area (Å²) in [5.41, 5.74) is 2.13. The van der Waals surface area contributed by atoms with Gasteiger partial charge in [-0.05, 0) is 63.2 Å². The number of esters is 1. The Morgan fingerprint density at radius 1 is 1.32 bits per heavy atom. The van der Waals surface area contributed by atoms with Crippen LogP contribution in [0.25, 0.3) is 0 Å². The molecule has 6 nitrogen and oxygen atoms in total. The molecule has 1 fully saturated rings. The largest absolute Gasteiger partial charge is 0.469 e. The van der Waals surface area contributed by atoms with E-state index >= 15 is 0 Å². The molecule has 1 aliphatic rings. The van der Waals surface area contributed by atoms with Gasteiger partial charge in [0.25, 0.3) is 0 Å². The molecule has 28 heavy (non-hydrogen) atoms. The molecule has 1 aliphatic heterocycles. The summed E-state index contributed by atoms with van der Waals surface area (Å²) >= 11 is 5.65. The van der Waals surface area contributed by atoms with Gasteiger partial charge in [-0.2, -0.15) is 0 Å². The van der Waals surface area contributed by atoms with Gasteiger partial charge in [0.15, 0.2) is 5.11 Å². The Bertz CT molecular complexity index is 828. The Kier molecular flexibility index (Phi) is 6.03. The predicted molar refractivity (Wildman–Crippen MR) is 113 cm³/mol. The van der Waals surface area contributed by atoms with E-state index in [4.69, 9.17) is 17.0 Å². The van der Waals surface area contributed by atoms with Crippen molar-refractivity contribution in [3.05, 3.63) is 54.1 Å². The normalized spacial score (nSPS) is 19.6. The summed E-state index contributed by atoms with van der Waals surface area (Å²) in [7, 11) is 1.42. The summed E-state index contributed by atoms with van der Waals surface area (Å²) in [5.74, 6) is -0.199. The van der Waals surface area contributed by atoms with Crippen LogP contribution >= 0.6 is 12.2 Å². The van der Waals surface area contributed by atoms with Gasteiger partial charge in [-0.3, -0.25) is 9.78 Å². The van der Waals surface area contributed by atoms with Gasteiger partial charge in [0.1, 0.15) is 0 Å². The summed E-state index contributed by atoms with van der Waals surface area (Å²) in [6, 6.07) is 8.05. The first-order chi connectivity index (χ1) is 13.3. The lowest BCUT2D eigenvalue weighted by molar-refractivity contribution is -0.140. The molecule has 1 N–H and O–H groups in total. The summed E-state index contributed by atoms with van der Waals surface area (Å²) in [6.07, 6.45) is 7.15. The zero-order chi connectivity index (χ0) is 20.3. The standard InChI is InChI=1S/C21H28N4O2S/c1-21(2,3)24-13-10-15(14-24)19-18(16-8-5-6-11-22-16)23-20(28)25(19)12-7-9-17(26)27-4/h5-6,8,10-11,13-14,18-19H,7,9,12H2,1-4H3,(H,23,28)/t18-,19+/m1/s1. The summed E-state index contributed by atoms with van der Waals surface area (Å²) in [4.78, 5) is 18.2. The Morgan fingerprint density at radius 2 is 2.11 bits per heavy atom. The first-order valence-electron chi connectivity index (χ1n) is 9.54. The third-order valence-electron chi connectivity index (χ3n) is 5.04. The Labute approximate surface area is 171 Å². The zero-order valence-corrected chi connectivity index (χ0v) is 17.7. The van der Waals surface area contributed by atoms with Gasteiger partial charge in [0.05, 0.1) is 24.9 Å². The molecule has 2 atom stereocenters. The summed E-state index contributed by atoms with van der Waals surface area (Å²) in [6.45, 7) is 7.21. The van der Waals surface area contributed by atoms with E-state index in [1.165, 1.54) is 12.7 Å². The van der Waals surface area contributed by atoms with Gasteiger partial charge in [-0.1, -0.05) is 6.07 Å². The molecule has 0 saturated carbocycles. The van der Waals surface area contributed by atoms with Crippen LogP contribution in [0.5, 0.6) is 0 Å². The van der Waals surface area contributed by atoms with Crippen molar-refractivity contribution in [1.82, 2.24) is 19.8 Å². The maximum atomic E-state index is 11.5. The number of nitrogens with one attached hydrogen (secondary N) is 1. The fourth-order valence-electron chi connectivity index (χ4n) is 3.51. The van der Waals surface area contributed by atoms with Crippen LogP contribution in [-0.2, 0) is 15.1 Å². The van der Waals surface area contributed by atoms with E-state index in [2.05, 4.69) is 59.0 Å². The monoisotopic (exact) mass is 400 g/mol.